The molecule has 0 heterocycles. The first kappa shape index (κ1) is 14.3. The van der Waals surface area contributed by atoms with Crippen molar-refractivity contribution in [3.63, 3.8) is 0 Å². The highest BCUT2D eigenvalue weighted by Crippen LogP contribution is 2.20. The summed E-state index contributed by atoms with van der Waals surface area (Å²) in [6.45, 7) is 0.499. The van der Waals surface area contributed by atoms with Gasteiger partial charge >= 0.3 is 6.18 Å². The number of hydrogen-bond acceptors (Lipinski definition) is 3. The topological polar surface area (TPSA) is 39.1 Å². The number of nitrogens with one attached hydrogen (secondary N) is 1. The van der Waals surface area contributed by atoms with Crippen molar-refractivity contribution in [3.05, 3.63) is 0 Å². The van der Waals surface area contributed by atoms with Crippen LogP contribution in [-0.4, -0.2) is 43.3 Å². The summed E-state index contributed by atoms with van der Waals surface area (Å²) in [6.07, 6.45) is -2.13. The minimum absolute atomic E-state index is 0.00885. The van der Waals surface area contributed by atoms with E-state index < -0.39 is 12.6 Å². The van der Waals surface area contributed by atoms with Crippen molar-refractivity contribution in [2.45, 2.75) is 43.9 Å². The Morgan fingerprint density at radius 3 is 2.53 bits per heavy atom. The molecule has 1 atom stereocenters. The Morgan fingerprint density at radius 1 is 1.41 bits per heavy atom. The Kier molecular flexibility index (Phi) is 5.22. The molecule has 0 bridgehead atoms. The summed E-state index contributed by atoms with van der Waals surface area (Å²) in [5, 5.41) is 12.0. The number of hydrogen-bond donors (Lipinski definition) is 1. The van der Waals surface area contributed by atoms with Gasteiger partial charge in [-0.05, 0) is 26.3 Å². The van der Waals surface area contributed by atoms with E-state index in [1.807, 2.05) is 0 Å². The van der Waals surface area contributed by atoms with Gasteiger partial charge in [-0.3, -0.25) is 5.32 Å². The van der Waals surface area contributed by atoms with Gasteiger partial charge in [-0.25, -0.2) is 0 Å². The molecular weight excluding hydrogens is 231 g/mol. The normalized spacial score (nSPS) is 18.1. The van der Waals surface area contributed by atoms with Gasteiger partial charge in [0.15, 0.2) is 0 Å². The molecule has 6 heteroatoms. The van der Waals surface area contributed by atoms with Gasteiger partial charge in [-0.2, -0.15) is 18.4 Å². The van der Waals surface area contributed by atoms with Gasteiger partial charge in [0.05, 0.1) is 18.5 Å². The predicted molar refractivity (Wildman–Crippen MR) is 58.3 cm³/mol. The van der Waals surface area contributed by atoms with Crippen LogP contribution in [0.4, 0.5) is 13.2 Å². The molecule has 0 aromatic rings. The van der Waals surface area contributed by atoms with Gasteiger partial charge in [0.25, 0.3) is 0 Å². The molecule has 1 aliphatic rings. The number of halogens is 3. The van der Waals surface area contributed by atoms with E-state index in [1.54, 1.807) is 11.9 Å². The lowest BCUT2D eigenvalue weighted by atomic mass is 10.2. The van der Waals surface area contributed by atoms with Crippen LogP contribution in [0.15, 0.2) is 0 Å². The highest BCUT2D eigenvalue weighted by Gasteiger charge is 2.27. The van der Waals surface area contributed by atoms with Crippen molar-refractivity contribution in [2.75, 3.05) is 20.1 Å². The fraction of sp³-hybridized carbons (Fsp3) is 0.909. The second-order valence-electron chi connectivity index (χ2n) is 4.58. The molecule has 0 radical (unpaired) electrons. The van der Waals surface area contributed by atoms with Gasteiger partial charge in [0.2, 0.25) is 0 Å². The van der Waals surface area contributed by atoms with E-state index in [-0.39, 0.29) is 12.6 Å². The molecule has 3 nitrogen and oxygen atoms in total. The summed E-state index contributed by atoms with van der Waals surface area (Å²) in [5.41, 5.74) is 0. The Hall–Kier alpha value is -0.800. The van der Waals surface area contributed by atoms with Gasteiger partial charge in [-0.15, -0.1) is 0 Å². The van der Waals surface area contributed by atoms with Crippen molar-refractivity contribution in [3.8, 4) is 6.07 Å². The Bertz CT molecular complexity index is 268. The molecule has 98 valence electrons. The first-order valence-corrected chi connectivity index (χ1v) is 5.81. The lowest BCUT2D eigenvalue weighted by Crippen LogP contribution is -2.34. The first-order valence-electron chi connectivity index (χ1n) is 5.81. The van der Waals surface area contributed by atoms with Gasteiger partial charge in [-0.1, -0.05) is 0 Å². The Labute approximate surface area is 99.6 Å². The van der Waals surface area contributed by atoms with E-state index in [0.717, 1.165) is 12.8 Å². The third-order valence-corrected chi connectivity index (χ3v) is 2.75. The van der Waals surface area contributed by atoms with E-state index in [2.05, 4.69) is 11.4 Å². The van der Waals surface area contributed by atoms with Crippen LogP contribution in [-0.2, 0) is 0 Å². The summed E-state index contributed by atoms with van der Waals surface area (Å²) < 4.78 is 35.9. The summed E-state index contributed by atoms with van der Waals surface area (Å²) in [6, 6.07) is 2.35. The van der Waals surface area contributed by atoms with Crippen molar-refractivity contribution in [1.82, 2.24) is 10.2 Å². The third-order valence-electron chi connectivity index (χ3n) is 2.75. The average molecular weight is 249 g/mol. The largest absolute Gasteiger partial charge is 0.390 e. The predicted octanol–water partition coefficient (Wildman–Crippen LogP) is 1.90. The number of alkyl halides is 3. The maximum atomic E-state index is 12.0. The maximum Gasteiger partial charge on any atom is 0.390 e. The Morgan fingerprint density at radius 2 is 2.06 bits per heavy atom. The van der Waals surface area contributed by atoms with Crippen LogP contribution < -0.4 is 5.32 Å². The van der Waals surface area contributed by atoms with Crippen molar-refractivity contribution in [2.24, 2.45) is 0 Å². The molecule has 1 saturated carbocycles. The lowest BCUT2D eigenvalue weighted by molar-refractivity contribution is -0.137. The standard InChI is InChI=1S/C11H18F3N3/c1-17(7-5-11(12,13)14)6-4-10(8-15)16-9-2-3-9/h9-10,16H,2-7H2,1H3. The Balaban J connectivity index is 2.12. The zero-order chi connectivity index (χ0) is 12.9. The van der Waals surface area contributed by atoms with Gasteiger partial charge in [0, 0.05) is 19.1 Å². The molecule has 0 aromatic heterocycles. The van der Waals surface area contributed by atoms with Crippen LogP contribution in [0.25, 0.3) is 0 Å². The van der Waals surface area contributed by atoms with E-state index in [0.29, 0.717) is 19.0 Å². The average Bonchev–Trinajstić information content (AvgIpc) is 3.04. The summed E-state index contributed by atoms with van der Waals surface area (Å²) in [4.78, 5) is 1.62. The van der Waals surface area contributed by atoms with Crippen LogP contribution in [0.2, 0.25) is 0 Å². The van der Waals surface area contributed by atoms with Crippen molar-refractivity contribution in [1.29, 1.82) is 5.26 Å². The fourth-order valence-electron chi connectivity index (χ4n) is 1.50. The second-order valence-corrected chi connectivity index (χ2v) is 4.58. The molecular formula is C11H18F3N3. The maximum absolute atomic E-state index is 12.0. The highest BCUT2D eigenvalue weighted by atomic mass is 19.4. The zero-order valence-corrected chi connectivity index (χ0v) is 9.93. The first-order chi connectivity index (χ1) is 7.90. The highest BCUT2D eigenvalue weighted by molar-refractivity contribution is 4.95. The molecule has 0 aromatic carbocycles. The second kappa shape index (κ2) is 6.22. The van der Waals surface area contributed by atoms with Crippen LogP contribution in [0, 0.1) is 11.3 Å². The lowest BCUT2D eigenvalue weighted by Gasteiger charge is -2.19. The van der Waals surface area contributed by atoms with Crippen LogP contribution in [0.3, 0.4) is 0 Å². The smallest absolute Gasteiger partial charge is 0.306 e. The zero-order valence-electron chi connectivity index (χ0n) is 9.93. The minimum Gasteiger partial charge on any atom is -0.306 e. The molecule has 0 aliphatic heterocycles. The molecule has 1 aliphatic carbocycles. The molecule has 0 spiro atoms. The van der Waals surface area contributed by atoms with E-state index in [9.17, 15) is 13.2 Å². The fourth-order valence-corrected chi connectivity index (χ4v) is 1.50. The number of rotatable bonds is 7. The molecule has 0 saturated heterocycles. The monoisotopic (exact) mass is 249 g/mol. The van der Waals surface area contributed by atoms with Crippen LogP contribution in [0.1, 0.15) is 25.7 Å². The quantitative estimate of drug-likeness (QED) is 0.749. The molecule has 1 unspecified atom stereocenters. The van der Waals surface area contributed by atoms with Crippen LogP contribution >= 0.6 is 0 Å². The van der Waals surface area contributed by atoms with Crippen LogP contribution in [0.5, 0.6) is 0 Å². The number of nitrogens with zero attached hydrogens (tertiary/aromatic N) is 2. The molecule has 17 heavy (non-hydrogen) atoms. The number of nitriles is 1. The van der Waals surface area contributed by atoms with E-state index in [1.165, 1.54) is 0 Å². The van der Waals surface area contributed by atoms with E-state index in [4.69, 9.17) is 5.26 Å². The molecule has 1 rings (SSSR count). The van der Waals surface area contributed by atoms with Crippen molar-refractivity contribution < 1.29 is 13.2 Å². The van der Waals surface area contributed by atoms with Gasteiger partial charge < -0.3 is 4.90 Å². The van der Waals surface area contributed by atoms with Gasteiger partial charge in [0.1, 0.15) is 0 Å². The molecule has 0 amide bonds. The van der Waals surface area contributed by atoms with Crippen molar-refractivity contribution >= 4 is 0 Å². The van der Waals surface area contributed by atoms with E-state index >= 15 is 0 Å². The minimum atomic E-state index is -4.10. The third kappa shape index (κ3) is 7.18. The summed E-state index contributed by atoms with van der Waals surface area (Å²) >= 11 is 0. The molecule has 1 N–H and O–H groups in total. The summed E-state index contributed by atoms with van der Waals surface area (Å²) in [5.74, 6) is 0. The summed E-state index contributed by atoms with van der Waals surface area (Å²) in [7, 11) is 1.65. The molecule has 1 fully saturated rings. The SMILES string of the molecule is CN(CCC(C#N)NC1CC1)CCC(F)(F)F.